The number of thiophene rings is 4. The molecule has 0 nitrogen and oxygen atoms in total. The first-order valence-electron chi connectivity index (χ1n) is 17.2. The van der Waals surface area contributed by atoms with Gasteiger partial charge in [-0.1, -0.05) is 107 Å². The molecular weight excluding hydrogens is 585 g/mol. The molecule has 0 radical (unpaired) electrons. The third kappa shape index (κ3) is 4.59. The summed E-state index contributed by atoms with van der Waals surface area (Å²) in [4.78, 5) is 6.59. The third-order valence-corrected chi connectivity index (χ3v) is 15.8. The minimum atomic E-state index is 0.177. The van der Waals surface area contributed by atoms with E-state index in [0.29, 0.717) is 11.8 Å². The second-order valence-corrected chi connectivity index (χ2v) is 18.2. The molecule has 0 saturated heterocycles. The normalized spacial score (nSPS) is 17.0. The largest absolute Gasteiger partial charge is 0.139 e. The molecule has 2 aliphatic rings. The molecule has 0 bridgehead atoms. The lowest BCUT2D eigenvalue weighted by Gasteiger charge is -2.34. The fraction of sp³-hybridized carbons (Fsp3) is 0.632. The van der Waals surface area contributed by atoms with E-state index in [9.17, 15) is 0 Å². The summed E-state index contributed by atoms with van der Waals surface area (Å²) in [6, 6.07) is 5.16. The summed E-state index contributed by atoms with van der Waals surface area (Å²) in [5.74, 6) is 1.21. The van der Waals surface area contributed by atoms with Gasteiger partial charge in [0.15, 0.2) is 0 Å². The second-order valence-electron chi connectivity index (χ2n) is 13.9. The zero-order valence-corrected chi connectivity index (χ0v) is 30.7. The molecule has 0 fully saturated rings. The molecule has 6 rings (SSSR count). The van der Waals surface area contributed by atoms with Gasteiger partial charge in [-0.05, 0) is 71.9 Å². The van der Waals surface area contributed by atoms with Crippen molar-refractivity contribution in [2.45, 2.75) is 155 Å². The van der Waals surface area contributed by atoms with E-state index < -0.39 is 0 Å². The van der Waals surface area contributed by atoms with Crippen molar-refractivity contribution in [1.29, 1.82) is 0 Å². The quantitative estimate of drug-likeness (QED) is 0.129. The summed E-state index contributed by atoms with van der Waals surface area (Å²) in [5.41, 5.74) is 7.58. The summed E-state index contributed by atoms with van der Waals surface area (Å²) in [6.45, 7) is 19.2. The van der Waals surface area contributed by atoms with E-state index in [1.165, 1.54) is 77.0 Å². The lowest BCUT2D eigenvalue weighted by atomic mass is 9.70. The Hall–Kier alpha value is -0.940. The molecule has 0 amide bonds. The van der Waals surface area contributed by atoms with Crippen molar-refractivity contribution < 1.29 is 0 Å². The molecular formula is C38H52S4. The van der Waals surface area contributed by atoms with Gasteiger partial charge in [-0.25, -0.2) is 0 Å². The van der Waals surface area contributed by atoms with Crippen LogP contribution in [-0.4, -0.2) is 0 Å². The van der Waals surface area contributed by atoms with E-state index in [4.69, 9.17) is 0 Å². The van der Waals surface area contributed by atoms with Crippen LogP contribution in [-0.2, 0) is 10.8 Å². The van der Waals surface area contributed by atoms with E-state index in [2.05, 4.69) is 113 Å². The lowest BCUT2D eigenvalue weighted by Crippen LogP contribution is -2.26. The van der Waals surface area contributed by atoms with E-state index in [-0.39, 0.29) is 10.8 Å². The van der Waals surface area contributed by atoms with Crippen LogP contribution in [0.2, 0.25) is 0 Å². The fourth-order valence-corrected chi connectivity index (χ4v) is 14.1. The zero-order chi connectivity index (χ0) is 29.8. The van der Waals surface area contributed by atoms with E-state index in [1.807, 2.05) is 11.1 Å². The Morgan fingerprint density at radius 1 is 0.524 bits per heavy atom. The molecule has 228 valence electrons. The molecule has 4 aromatic rings. The van der Waals surface area contributed by atoms with Gasteiger partial charge in [0, 0.05) is 39.7 Å². The predicted octanol–water partition coefficient (Wildman–Crippen LogP) is 14.7. The van der Waals surface area contributed by atoms with Crippen molar-refractivity contribution in [2.75, 3.05) is 0 Å². The van der Waals surface area contributed by atoms with Crippen LogP contribution in [0.15, 0.2) is 12.1 Å². The standard InChI is InChI=1S/C38H52S4/c1-9-13-17-37(18-14-10-2)29-30(36-31(37)33-27(42-36)21-25(39-33)23(5)6)38(19-15-11-3,20-16-12-4)32-34-28(41-35(29)32)22-26(40-34)24(7)8/h21-24H,9-20H2,1-8H3. The van der Waals surface area contributed by atoms with Gasteiger partial charge in [0.2, 0.25) is 0 Å². The van der Waals surface area contributed by atoms with Crippen LogP contribution in [0.4, 0.5) is 0 Å². The first-order valence-corrected chi connectivity index (χ1v) is 20.4. The maximum absolute atomic E-state index is 2.58. The van der Waals surface area contributed by atoms with Crippen LogP contribution in [0.25, 0.3) is 29.9 Å². The van der Waals surface area contributed by atoms with Crippen LogP contribution < -0.4 is 0 Å². The molecule has 4 heteroatoms. The topological polar surface area (TPSA) is 0 Å². The smallest absolute Gasteiger partial charge is 0.0501 e. The molecule has 0 aromatic carbocycles. The summed E-state index contributed by atoms with van der Waals surface area (Å²) in [6.07, 6.45) is 15.7. The zero-order valence-electron chi connectivity index (χ0n) is 27.4. The minimum absolute atomic E-state index is 0.177. The Morgan fingerprint density at radius 3 is 1.14 bits per heavy atom. The van der Waals surface area contributed by atoms with Crippen molar-refractivity contribution >= 4 is 75.3 Å². The predicted molar refractivity (Wildman–Crippen MR) is 196 cm³/mol. The highest BCUT2D eigenvalue weighted by atomic mass is 32.1. The van der Waals surface area contributed by atoms with Crippen molar-refractivity contribution in [3.05, 3.63) is 42.8 Å². The van der Waals surface area contributed by atoms with Crippen LogP contribution in [0.3, 0.4) is 0 Å². The Kier molecular flexibility index (Phi) is 8.95. The number of allylic oxidation sites excluding steroid dienone is 2. The molecule has 0 aliphatic heterocycles. The van der Waals surface area contributed by atoms with Crippen LogP contribution in [0, 0.1) is 0 Å². The van der Waals surface area contributed by atoms with Crippen molar-refractivity contribution in [1.82, 2.24) is 0 Å². The SMILES string of the molecule is CCCCC1(CCCC)C2=C(c3sc4cc(C(C)C)sc4c31)C(CCCC)(CCCC)c1c2sc2cc(C(C)C)sc12. The van der Waals surface area contributed by atoms with Gasteiger partial charge in [0.05, 0.1) is 9.40 Å². The summed E-state index contributed by atoms with van der Waals surface area (Å²) in [5, 5.41) is 0. The van der Waals surface area contributed by atoms with Gasteiger partial charge >= 0.3 is 0 Å². The molecule has 42 heavy (non-hydrogen) atoms. The highest BCUT2D eigenvalue weighted by Gasteiger charge is 2.58. The monoisotopic (exact) mass is 636 g/mol. The number of hydrogen-bond acceptors (Lipinski definition) is 4. The maximum atomic E-state index is 2.58. The average Bonchev–Trinajstić information content (AvgIpc) is 3.76. The molecule has 0 atom stereocenters. The summed E-state index contributed by atoms with van der Waals surface area (Å²) >= 11 is 8.67. The minimum Gasteiger partial charge on any atom is -0.139 e. The third-order valence-electron chi connectivity index (χ3n) is 10.4. The molecule has 0 N–H and O–H groups in total. The average molecular weight is 637 g/mol. The van der Waals surface area contributed by atoms with Crippen molar-refractivity contribution in [3.63, 3.8) is 0 Å². The number of unbranched alkanes of at least 4 members (excludes halogenated alkanes) is 4. The van der Waals surface area contributed by atoms with Gasteiger partial charge in [-0.15, -0.1) is 45.3 Å². The highest BCUT2D eigenvalue weighted by Crippen LogP contribution is 2.73. The van der Waals surface area contributed by atoms with E-state index in [0.717, 1.165) is 0 Å². The molecule has 2 aliphatic carbocycles. The van der Waals surface area contributed by atoms with Gasteiger partial charge in [0.25, 0.3) is 0 Å². The van der Waals surface area contributed by atoms with Crippen LogP contribution in [0.1, 0.15) is 175 Å². The summed E-state index contributed by atoms with van der Waals surface area (Å²) in [7, 11) is 0. The highest BCUT2D eigenvalue weighted by molar-refractivity contribution is 7.30. The van der Waals surface area contributed by atoms with Crippen molar-refractivity contribution in [3.8, 4) is 0 Å². The van der Waals surface area contributed by atoms with Gasteiger partial charge in [-0.2, -0.15) is 0 Å². The lowest BCUT2D eigenvalue weighted by molar-refractivity contribution is 0.443. The second kappa shape index (κ2) is 12.1. The number of hydrogen-bond donors (Lipinski definition) is 0. The molecule has 4 aromatic heterocycles. The number of fused-ring (bicyclic) bond motifs is 8. The van der Waals surface area contributed by atoms with Gasteiger partial charge < -0.3 is 0 Å². The number of rotatable bonds is 14. The summed E-state index contributed by atoms with van der Waals surface area (Å²) < 4.78 is 6.47. The van der Waals surface area contributed by atoms with E-state index in [1.54, 1.807) is 49.4 Å². The molecule has 0 unspecified atom stereocenters. The van der Waals surface area contributed by atoms with Crippen LogP contribution in [0.5, 0.6) is 0 Å². The van der Waals surface area contributed by atoms with E-state index >= 15 is 0 Å². The van der Waals surface area contributed by atoms with Crippen LogP contribution >= 0.6 is 45.3 Å². The molecule has 0 spiro atoms. The molecule has 4 heterocycles. The van der Waals surface area contributed by atoms with Gasteiger partial charge in [-0.3, -0.25) is 0 Å². The first kappa shape index (κ1) is 31.1. The van der Waals surface area contributed by atoms with Gasteiger partial charge in [0.1, 0.15) is 0 Å². The Morgan fingerprint density at radius 2 is 0.857 bits per heavy atom. The fourth-order valence-electron chi connectivity index (χ4n) is 8.16. The maximum Gasteiger partial charge on any atom is 0.0501 e. The van der Waals surface area contributed by atoms with Crippen molar-refractivity contribution in [2.24, 2.45) is 0 Å². The molecule has 0 saturated carbocycles. The Bertz CT molecular complexity index is 1460. The Balaban J connectivity index is 1.71. The Labute approximate surface area is 271 Å². The first-order chi connectivity index (χ1) is 20.3.